The number of ether oxygens (including phenoxy) is 1. The fraction of sp³-hybridized carbons (Fsp3) is 0.118. The van der Waals surface area contributed by atoms with Crippen LogP contribution in [0.15, 0.2) is 36.4 Å². The highest BCUT2D eigenvalue weighted by molar-refractivity contribution is 5.76. The van der Waals surface area contributed by atoms with E-state index in [0.29, 0.717) is 16.7 Å². The van der Waals surface area contributed by atoms with Crippen LogP contribution in [-0.4, -0.2) is 21.8 Å². The number of alkyl halides is 3. The monoisotopic (exact) mass is 362 g/mol. The quantitative estimate of drug-likeness (QED) is 0.703. The standard InChI is InChI=1S/C17H10F4N4O/c1-9-4-12(18)2-3-14(9)10-5-11(16-15(8-22)23-25-24-16)7-13(6-10)26-17(19,20)21/h2-7H,1H3,(H,23,24,25). The summed E-state index contributed by atoms with van der Waals surface area (Å²) in [4.78, 5) is 0. The predicted molar refractivity (Wildman–Crippen MR) is 83.3 cm³/mol. The molecule has 9 heteroatoms. The summed E-state index contributed by atoms with van der Waals surface area (Å²) in [6.45, 7) is 1.63. The molecule has 3 aromatic rings. The second kappa shape index (κ2) is 6.48. The number of aromatic nitrogens is 3. The number of aryl methyl sites for hydroxylation is 1. The zero-order valence-electron chi connectivity index (χ0n) is 13.2. The highest BCUT2D eigenvalue weighted by Gasteiger charge is 2.31. The van der Waals surface area contributed by atoms with E-state index in [2.05, 4.69) is 20.1 Å². The summed E-state index contributed by atoms with van der Waals surface area (Å²) >= 11 is 0. The van der Waals surface area contributed by atoms with Crippen molar-refractivity contribution in [3.8, 4) is 34.2 Å². The van der Waals surface area contributed by atoms with Gasteiger partial charge in [-0.2, -0.15) is 5.26 Å². The van der Waals surface area contributed by atoms with Crippen LogP contribution in [0.2, 0.25) is 0 Å². The first-order valence-corrected chi connectivity index (χ1v) is 7.26. The molecule has 0 unspecified atom stereocenters. The van der Waals surface area contributed by atoms with Gasteiger partial charge in [0.15, 0.2) is 5.69 Å². The topological polar surface area (TPSA) is 74.6 Å². The Morgan fingerprint density at radius 1 is 1.12 bits per heavy atom. The first kappa shape index (κ1) is 17.4. The molecule has 0 saturated heterocycles. The van der Waals surface area contributed by atoms with Crippen LogP contribution in [-0.2, 0) is 0 Å². The molecule has 0 radical (unpaired) electrons. The molecule has 0 aliphatic rings. The molecular formula is C17H10F4N4O. The van der Waals surface area contributed by atoms with E-state index in [4.69, 9.17) is 5.26 Å². The molecular weight excluding hydrogens is 352 g/mol. The molecule has 132 valence electrons. The number of rotatable bonds is 3. The van der Waals surface area contributed by atoms with E-state index < -0.39 is 17.9 Å². The number of nitrogens with zero attached hydrogens (tertiary/aromatic N) is 3. The average molecular weight is 362 g/mol. The molecule has 1 heterocycles. The van der Waals surface area contributed by atoms with E-state index in [-0.39, 0.29) is 17.0 Å². The Hall–Kier alpha value is -3.41. The summed E-state index contributed by atoms with van der Waals surface area (Å²) < 4.78 is 55.4. The lowest BCUT2D eigenvalue weighted by Crippen LogP contribution is -2.17. The van der Waals surface area contributed by atoms with Crippen LogP contribution in [0.25, 0.3) is 22.4 Å². The van der Waals surface area contributed by atoms with E-state index in [1.54, 1.807) is 6.92 Å². The molecule has 0 spiro atoms. The average Bonchev–Trinajstić information content (AvgIpc) is 3.01. The molecule has 2 aromatic carbocycles. The van der Waals surface area contributed by atoms with E-state index in [9.17, 15) is 17.6 Å². The van der Waals surface area contributed by atoms with Crippen LogP contribution in [0.5, 0.6) is 5.75 Å². The van der Waals surface area contributed by atoms with Crippen molar-refractivity contribution >= 4 is 0 Å². The third-order valence-corrected chi connectivity index (χ3v) is 3.57. The van der Waals surface area contributed by atoms with E-state index in [1.807, 2.05) is 6.07 Å². The number of benzene rings is 2. The van der Waals surface area contributed by atoms with Gasteiger partial charge in [0, 0.05) is 5.56 Å². The number of H-pyrrole nitrogens is 1. The molecule has 0 saturated carbocycles. The maximum absolute atomic E-state index is 13.3. The first-order chi connectivity index (χ1) is 12.3. The lowest BCUT2D eigenvalue weighted by atomic mass is 9.97. The number of aromatic amines is 1. The molecule has 1 aromatic heterocycles. The van der Waals surface area contributed by atoms with E-state index >= 15 is 0 Å². The fourth-order valence-electron chi connectivity index (χ4n) is 2.54. The molecule has 5 nitrogen and oxygen atoms in total. The zero-order valence-corrected chi connectivity index (χ0v) is 13.2. The summed E-state index contributed by atoms with van der Waals surface area (Å²) in [5.74, 6) is -0.946. The van der Waals surface area contributed by atoms with E-state index in [0.717, 1.165) is 6.07 Å². The summed E-state index contributed by atoms with van der Waals surface area (Å²) in [5, 5.41) is 18.7. The van der Waals surface area contributed by atoms with Gasteiger partial charge in [-0.1, -0.05) is 11.3 Å². The van der Waals surface area contributed by atoms with Crippen molar-refractivity contribution in [2.24, 2.45) is 0 Å². The van der Waals surface area contributed by atoms with Gasteiger partial charge in [-0.3, -0.25) is 0 Å². The van der Waals surface area contributed by atoms with Crippen LogP contribution in [0.4, 0.5) is 17.6 Å². The van der Waals surface area contributed by atoms with Crippen molar-refractivity contribution in [3.63, 3.8) is 0 Å². The molecule has 0 bridgehead atoms. The molecule has 1 N–H and O–H groups in total. The lowest BCUT2D eigenvalue weighted by Gasteiger charge is -2.13. The molecule has 0 aliphatic carbocycles. The summed E-state index contributed by atoms with van der Waals surface area (Å²) in [5.41, 5.74) is 1.68. The lowest BCUT2D eigenvalue weighted by molar-refractivity contribution is -0.274. The SMILES string of the molecule is Cc1cc(F)ccc1-c1cc(OC(F)(F)F)cc(-c2nn[nH]c2C#N)c1. The summed E-state index contributed by atoms with van der Waals surface area (Å²) in [6, 6.07) is 9.57. The fourth-order valence-corrected chi connectivity index (χ4v) is 2.54. The Balaban J connectivity index is 2.19. The number of halogens is 4. The molecule has 26 heavy (non-hydrogen) atoms. The van der Waals surface area contributed by atoms with Crippen molar-refractivity contribution in [2.45, 2.75) is 13.3 Å². The number of nitrogens with one attached hydrogen (secondary N) is 1. The molecule has 3 rings (SSSR count). The second-order valence-electron chi connectivity index (χ2n) is 5.40. The van der Waals surface area contributed by atoms with Crippen molar-refractivity contribution in [1.82, 2.24) is 15.4 Å². The van der Waals surface area contributed by atoms with Gasteiger partial charge in [0.25, 0.3) is 0 Å². The predicted octanol–water partition coefficient (Wildman–Crippen LogP) is 4.36. The van der Waals surface area contributed by atoms with Gasteiger partial charge in [-0.15, -0.1) is 18.3 Å². The summed E-state index contributed by atoms with van der Waals surface area (Å²) in [6.07, 6.45) is -4.89. The normalized spacial score (nSPS) is 11.2. The Bertz CT molecular complexity index is 1000. The molecule has 0 amide bonds. The maximum Gasteiger partial charge on any atom is 0.573 e. The van der Waals surface area contributed by atoms with Crippen LogP contribution < -0.4 is 4.74 Å². The molecule has 0 aliphatic heterocycles. The third-order valence-electron chi connectivity index (χ3n) is 3.57. The van der Waals surface area contributed by atoms with Crippen LogP contribution in [0, 0.1) is 24.1 Å². The molecule has 0 fully saturated rings. The van der Waals surface area contributed by atoms with Crippen LogP contribution in [0.3, 0.4) is 0 Å². The van der Waals surface area contributed by atoms with Crippen molar-refractivity contribution in [1.29, 1.82) is 5.26 Å². The minimum absolute atomic E-state index is 0.00376. The van der Waals surface area contributed by atoms with Gasteiger partial charge < -0.3 is 4.74 Å². The van der Waals surface area contributed by atoms with Gasteiger partial charge in [-0.05, 0) is 53.9 Å². The van der Waals surface area contributed by atoms with Gasteiger partial charge in [0.05, 0.1) is 0 Å². The van der Waals surface area contributed by atoms with Crippen molar-refractivity contribution in [2.75, 3.05) is 0 Å². The summed E-state index contributed by atoms with van der Waals surface area (Å²) in [7, 11) is 0. The van der Waals surface area contributed by atoms with E-state index in [1.165, 1.54) is 30.3 Å². The second-order valence-corrected chi connectivity index (χ2v) is 5.40. The number of hydrogen-bond acceptors (Lipinski definition) is 4. The Morgan fingerprint density at radius 2 is 1.85 bits per heavy atom. The van der Waals surface area contributed by atoms with Crippen molar-refractivity contribution < 1.29 is 22.3 Å². The van der Waals surface area contributed by atoms with Gasteiger partial charge in [-0.25, -0.2) is 9.49 Å². The maximum atomic E-state index is 13.3. The van der Waals surface area contributed by atoms with Gasteiger partial charge in [0.2, 0.25) is 0 Å². The van der Waals surface area contributed by atoms with Crippen LogP contribution >= 0.6 is 0 Å². The first-order valence-electron chi connectivity index (χ1n) is 7.26. The minimum atomic E-state index is -4.89. The smallest absolute Gasteiger partial charge is 0.406 e. The van der Waals surface area contributed by atoms with Crippen molar-refractivity contribution in [3.05, 3.63) is 53.5 Å². The van der Waals surface area contributed by atoms with Crippen LogP contribution in [0.1, 0.15) is 11.3 Å². The molecule has 0 atom stereocenters. The Kier molecular flexibility index (Phi) is 4.34. The van der Waals surface area contributed by atoms with Gasteiger partial charge >= 0.3 is 6.36 Å². The highest BCUT2D eigenvalue weighted by atomic mass is 19.4. The number of nitriles is 1. The Labute approximate surface area is 144 Å². The highest BCUT2D eigenvalue weighted by Crippen LogP contribution is 2.35. The number of hydrogen-bond donors (Lipinski definition) is 1. The largest absolute Gasteiger partial charge is 0.573 e. The minimum Gasteiger partial charge on any atom is -0.406 e. The van der Waals surface area contributed by atoms with Gasteiger partial charge in [0.1, 0.15) is 23.3 Å². The Morgan fingerprint density at radius 3 is 2.50 bits per heavy atom. The third kappa shape index (κ3) is 3.64. The zero-order chi connectivity index (χ0) is 18.9.